The van der Waals surface area contributed by atoms with Crippen molar-refractivity contribution in [1.82, 2.24) is 10.4 Å². The van der Waals surface area contributed by atoms with E-state index in [1.165, 1.54) is 23.1 Å². The smallest absolute Gasteiger partial charge is 0.150 e. The second-order valence-electron chi connectivity index (χ2n) is 6.06. The molecule has 0 saturated carbocycles. The van der Waals surface area contributed by atoms with Gasteiger partial charge in [-0.05, 0) is 24.1 Å². The molecule has 0 spiro atoms. The van der Waals surface area contributed by atoms with Gasteiger partial charge in [-0.3, -0.25) is 5.01 Å². The number of quaternary nitrogens is 1. The fourth-order valence-electron chi connectivity index (χ4n) is 3.40. The second kappa shape index (κ2) is 6.13. The summed E-state index contributed by atoms with van der Waals surface area (Å²) in [7, 11) is 0. The van der Waals surface area contributed by atoms with Gasteiger partial charge >= 0.3 is 0 Å². The Morgan fingerprint density at radius 3 is 3.19 bits per heavy atom. The fraction of sp³-hybridized carbons (Fsp3) is 0.562. The number of nitrogens with one attached hydrogen (secondary N) is 2. The number of hydroxylamine groups is 2. The molecule has 1 aromatic heterocycles. The molecule has 0 fully saturated rings. The van der Waals surface area contributed by atoms with E-state index in [1.54, 1.807) is 0 Å². The van der Waals surface area contributed by atoms with Crippen molar-refractivity contribution in [2.45, 2.75) is 26.7 Å². The van der Waals surface area contributed by atoms with Gasteiger partial charge in [-0.1, -0.05) is 20.3 Å². The number of fused-ring (bicyclic) bond motifs is 2. The third-order valence-electron chi connectivity index (χ3n) is 4.33. The Morgan fingerprint density at radius 2 is 2.38 bits per heavy atom. The lowest BCUT2D eigenvalue weighted by atomic mass is 9.84. The molecule has 0 aliphatic carbocycles. The number of aromatic nitrogens is 1. The maximum Gasteiger partial charge on any atom is 0.150 e. The third-order valence-corrected chi connectivity index (χ3v) is 4.33. The predicted molar refractivity (Wildman–Crippen MR) is 84.6 cm³/mol. The molecule has 1 aromatic rings. The Hall–Kier alpha value is -1.43. The van der Waals surface area contributed by atoms with Gasteiger partial charge in [0.25, 0.3) is 0 Å². The van der Waals surface area contributed by atoms with Crippen LogP contribution in [0.1, 0.15) is 32.3 Å². The van der Waals surface area contributed by atoms with Gasteiger partial charge < -0.3 is 10.3 Å². The number of hydrazine groups is 1. The highest BCUT2D eigenvalue weighted by molar-refractivity contribution is 5.81. The molecule has 5 nitrogen and oxygen atoms in total. The van der Waals surface area contributed by atoms with Crippen molar-refractivity contribution < 1.29 is 5.06 Å². The molecule has 5 heteroatoms. The first-order valence-electron chi connectivity index (χ1n) is 7.90. The quantitative estimate of drug-likeness (QED) is 0.641. The molecule has 2 N–H and O–H groups in total. The fourth-order valence-corrected chi connectivity index (χ4v) is 3.40. The van der Waals surface area contributed by atoms with Crippen LogP contribution in [-0.2, 0) is 0 Å². The highest BCUT2D eigenvalue weighted by atomic mass is 16.5. The van der Waals surface area contributed by atoms with E-state index in [-0.39, 0.29) is 0 Å². The van der Waals surface area contributed by atoms with Gasteiger partial charge in [0, 0.05) is 29.8 Å². The summed E-state index contributed by atoms with van der Waals surface area (Å²) >= 11 is 0. The summed E-state index contributed by atoms with van der Waals surface area (Å²) in [4.78, 5) is 4.57. The lowest BCUT2D eigenvalue weighted by Gasteiger charge is -2.41. The minimum absolute atomic E-state index is 0.307. The van der Waals surface area contributed by atoms with Crippen LogP contribution in [0.15, 0.2) is 23.9 Å². The Morgan fingerprint density at radius 1 is 1.52 bits per heavy atom. The molecule has 2 aliphatic heterocycles. The van der Waals surface area contributed by atoms with Crippen molar-refractivity contribution in [1.29, 1.82) is 0 Å². The Kier molecular flexibility index (Phi) is 4.24. The molecule has 0 bridgehead atoms. The van der Waals surface area contributed by atoms with Crippen molar-refractivity contribution >= 4 is 11.4 Å². The van der Waals surface area contributed by atoms with Crippen LogP contribution in [0.5, 0.6) is 0 Å². The number of unbranched alkanes of at least 4 members (excludes halogenated alkanes) is 1. The zero-order valence-electron chi connectivity index (χ0n) is 12.9. The molecule has 2 aliphatic rings. The number of nitrogens with zero attached hydrogens (tertiary/aromatic N) is 2. The van der Waals surface area contributed by atoms with E-state index in [0.29, 0.717) is 24.1 Å². The monoisotopic (exact) mass is 288 g/mol. The second-order valence-corrected chi connectivity index (χ2v) is 6.06. The number of hydrogen-bond donors (Lipinski definition) is 2. The average Bonchev–Trinajstić information content (AvgIpc) is 2.46. The number of rotatable bonds is 4. The van der Waals surface area contributed by atoms with Gasteiger partial charge in [0.15, 0.2) is 5.82 Å². The standard InChI is InChI=1S/C16H24N4O/c1-3-4-8-18-20-11-13-10-19(21)9-12(2)15(13)14-6-5-7-17-16(14)20/h5-7,12,18-19H,3-4,8-11H2,1-2H3. The molecule has 0 radical (unpaired) electrons. The van der Waals surface area contributed by atoms with Crippen LogP contribution in [0.3, 0.4) is 0 Å². The lowest BCUT2D eigenvalue weighted by Crippen LogP contribution is -3.09. The minimum Gasteiger partial charge on any atom is -0.634 e. The summed E-state index contributed by atoms with van der Waals surface area (Å²) in [5.41, 5.74) is 7.28. The third kappa shape index (κ3) is 2.81. The van der Waals surface area contributed by atoms with Crippen LogP contribution in [-0.4, -0.2) is 31.2 Å². The predicted octanol–water partition coefficient (Wildman–Crippen LogP) is 0.992. The summed E-state index contributed by atoms with van der Waals surface area (Å²) in [5.74, 6) is 1.32. The Labute approximate surface area is 126 Å². The minimum atomic E-state index is 0.307. The molecule has 2 unspecified atom stereocenters. The van der Waals surface area contributed by atoms with E-state index < -0.39 is 0 Å². The van der Waals surface area contributed by atoms with E-state index in [1.807, 2.05) is 12.3 Å². The van der Waals surface area contributed by atoms with E-state index in [4.69, 9.17) is 0 Å². The maximum absolute atomic E-state index is 11.9. The largest absolute Gasteiger partial charge is 0.634 e. The van der Waals surface area contributed by atoms with Crippen molar-refractivity contribution in [3.63, 3.8) is 0 Å². The topological polar surface area (TPSA) is 55.7 Å². The van der Waals surface area contributed by atoms with Crippen LogP contribution in [0.25, 0.3) is 5.57 Å². The van der Waals surface area contributed by atoms with Crippen LogP contribution in [0.4, 0.5) is 5.82 Å². The SMILES string of the molecule is CCCCNN1CC2=C(c3cccnc31)C(C)C[NH+]([O-])C2. The first-order valence-corrected chi connectivity index (χ1v) is 7.90. The normalized spacial score (nSPS) is 24.8. The highest BCUT2D eigenvalue weighted by Gasteiger charge is 2.33. The van der Waals surface area contributed by atoms with Crippen molar-refractivity contribution in [3.05, 3.63) is 34.7 Å². The van der Waals surface area contributed by atoms with Crippen LogP contribution >= 0.6 is 0 Å². The summed E-state index contributed by atoms with van der Waals surface area (Å²) < 4.78 is 0. The number of hydrogen-bond acceptors (Lipinski definition) is 4. The molecule has 0 saturated heterocycles. The van der Waals surface area contributed by atoms with Crippen LogP contribution < -0.4 is 15.5 Å². The molecule has 3 rings (SSSR count). The van der Waals surface area contributed by atoms with E-state index >= 15 is 0 Å². The van der Waals surface area contributed by atoms with E-state index in [0.717, 1.165) is 25.3 Å². The maximum atomic E-state index is 11.9. The van der Waals surface area contributed by atoms with Gasteiger partial charge in [0.1, 0.15) is 6.54 Å². The molecule has 21 heavy (non-hydrogen) atoms. The number of anilines is 1. The van der Waals surface area contributed by atoms with Gasteiger partial charge in [-0.2, -0.15) is 0 Å². The van der Waals surface area contributed by atoms with Gasteiger partial charge in [-0.15, -0.1) is 0 Å². The van der Waals surface area contributed by atoms with Crippen LogP contribution in [0, 0.1) is 11.1 Å². The van der Waals surface area contributed by atoms with Crippen molar-refractivity contribution in [2.75, 3.05) is 31.2 Å². The Balaban J connectivity index is 1.93. The summed E-state index contributed by atoms with van der Waals surface area (Å²) in [6, 6.07) is 4.12. The zero-order chi connectivity index (χ0) is 14.8. The summed E-state index contributed by atoms with van der Waals surface area (Å²) in [6.07, 6.45) is 4.15. The number of pyridine rings is 1. The van der Waals surface area contributed by atoms with E-state index in [9.17, 15) is 5.21 Å². The molecular weight excluding hydrogens is 264 g/mol. The zero-order valence-corrected chi connectivity index (χ0v) is 12.9. The molecule has 3 heterocycles. The Bertz CT molecular complexity index is 543. The summed E-state index contributed by atoms with van der Waals surface area (Å²) in [5, 5.41) is 14.4. The first-order chi connectivity index (χ1) is 10.2. The lowest BCUT2D eigenvalue weighted by molar-refractivity contribution is -0.847. The van der Waals surface area contributed by atoms with Crippen LogP contribution in [0.2, 0.25) is 0 Å². The van der Waals surface area contributed by atoms with E-state index in [2.05, 4.69) is 35.3 Å². The summed E-state index contributed by atoms with van der Waals surface area (Å²) in [6.45, 7) is 7.32. The molecular formula is C16H24N4O. The highest BCUT2D eigenvalue weighted by Crippen LogP contribution is 2.37. The van der Waals surface area contributed by atoms with Gasteiger partial charge in [0.05, 0.1) is 13.1 Å². The first kappa shape index (κ1) is 14.5. The van der Waals surface area contributed by atoms with Crippen molar-refractivity contribution in [2.24, 2.45) is 5.92 Å². The molecule has 2 atom stereocenters. The van der Waals surface area contributed by atoms with Crippen molar-refractivity contribution in [3.8, 4) is 0 Å². The van der Waals surface area contributed by atoms with Gasteiger partial charge in [0.2, 0.25) is 0 Å². The molecule has 0 amide bonds. The molecule has 114 valence electrons. The molecule has 0 aromatic carbocycles. The average molecular weight is 288 g/mol. The van der Waals surface area contributed by atoms with Gasteiger partial charge in [-0.25, -0.2) is 10.4 Å².